The van der Waals surface area contributed by atoms with Crippen LogP contribution in [0, 0.1) is 0 Å². The highest BCUT2D eigenvalue weighted by molar-refractivity contribution is 6.01. The van der Waals surface area contributed by atoms with Gasteiger partial charge in [0.05, 0.1) is 12.8 Å². The Kier molecular flexibility index (Phi) is 3.27. The van der Waals surface area contributed by atoms with Crippen LogP contribution in [0.4, 0.5) is 0 Å². The van der Waals surface area contributed by atoms with Gasteiger partial charge in [-0.15, -0.1) is 0 Å². The summed E-state index contributed by atoms with van der Waals surface area (Å²) in [5.74, 6) is -1.13. The van der Waals surface area contributed by atoms with Crippen LogP contribution in [0.1, 0.15) is 12.8 Å². The monoisotopic (exact) mass is 129 g/mol. The van der Waals surface area contributed by atoms with E-state index in [2.05, 4.69) is 5.73 Å². The SMILES string of the molecule is NC(=O)CC(=O)CC=O. The zero-order valence-corrected chi connectivity index (χ0v) is 4.79. The molecule has 0 aromatic carbocycles. The summed E-state index contributed by atoms with van der Waals surface area (Å²) in [6, 6.07) is 0. The smallest absolute Gasteiger partial charge is 0.224 e. The molecular weight excluding hydrogens is 122 g/mol. The molecule has 0 aromatic heterocycles. The molecule has 2 N–H and O–H groups in total. The van der Waals surface area contributed by atoms with Crippen LogP contribution in [-0.2, 0) is 14.4 Å². The number of carbonyl (C=O) groups is 3. The minimum atomic E-state index is -0.693. The fraction of sp³-hybridized carbons (Fsp3) is 0.400. The molecule has 0 aliphatic rings. The topological polar surface area (TPSA) is 77.2 Å². The Balaban J connectivity index is 3.50. The van der Waals surface area contributed by atoms with Crippen molar-refractivity contribution < 1.29 is 14.4 Å². The molecule has 0 aliphatic heterocycles. The first-order valence-corrected chi connectivity index (χ1v) is 2.40. The van der Waals surface area contributed by atoms with Gasteiger partial charge in [0.1, 0.15) is 12.1 Å². The largest absolute Gasteiger partial charge is 0.369 e. The van der Waals surface area contributed by atoms with Gasteiger partial charge in [0, 0.05) is 0 Å². The van der Waals surface area contributed by atoms with Gasteiger partial charge in [0.15, 0.2) is 0 Å². The summed E-state index contributed by atoms with van der Waals surface area (Å²) in [7, 11) is 0. The first-order chi connectivity index (χ1) is 4.16. The van der Waals surface area contributed by atoms with Crippen molar-refractivity contribution >= 4 is 18.0 Å². The van der Waals surface area contributed by atoms with Crippen molar-refractivity contribution in [3.05, 3.63) is 0 Å². The molecule has 4 heteroatoms. The zero-order chi connectivity index (χ0) is 7.28. The third kappa shape index (κ3) is 4.67. The van der Waals surface area contributed by atoms with E-state index >= 15 is 0 Å². The second-order valence-electron chi connectivity index (χ2n) is 1.55. The molecular formula is C5H7NO3. The summed E-state index contributed by atoms with van der Waals surface area (Å²) in [5, 5.41) is 0. The van der Waals surface area contributed by atoms with E-state index < -0.39 is 11.7 Å². The quantitative estimate of drug-likeness (QED) is 0.391. The third-order valence-electron chi connectivity index (χ3n) is 0.682. The van der Waals surface area contributed by atoms with Gasteiger partial charge < -0.3 is 10.5 Å². The normalized spacial score (nSPS) is 8.44. The highest BCUT2D eigenvalue weighted by Crippen LogP contribution is 1.83. The number of hydrogen-bond donors (Lipinski definition) is 1. The second kappa shape index (κ2) is 3.77. The molecule has 0 aromatic rings. The van der Waals surface area contributed by atoms with E-state index in [1.807, 2.05) is 0 Å². The fourth-order valence-corrected chi connectivity index (χ4v) is 0.359. The van der Waals surface area contributed by atoms with Crippen molar-refractivity contribution in [3.63, 3.8) is 0 Å². The Morgan fingerprint density at radius 3 is 2.33 bits per heavy atom. The lowest BCUT2D eigenvalue weighted by atomic mass is 10.2. The Morgan fingerprint density at radius 1 is 1.44 bits per heavy atom. The summed E-state index contributed by atoms with van der Waals surface area (Å²) in [6.07, 6.45) is -0.104. The predicted molar refractivity (Wildman–Crippen MR) is 29.5 cm³/mol. The van der Waals surface area contributed by atoms with Gasteiger partial charge in [-0.3, -0.25) is 9.59 Å². The number of amides is 1. The van der Waals surface area contributed by atoms with Gasteiger partial charge in [-0.05, 0) is 0 Å². The molecule has 50 valence electrons. The van der Waals surface area contributed by atoms with Crippen molar-refractivity contribution in [1.82, 2.24) is 0 Å². The maximum absolute atomic E-state index is 10.3. The van der Waals surface area contributed by atoms with Crippen LogP contribution in [0.2, 0.25) is 0 Å². The molecule has 4 nitrogen and oxygen atoms in total. The van der Waals surface area contributed by atoms with E-state index in [1.54, 1.807) is 0 Å². The van der Waals surface area contributed by atoms with Gasteiger partial charge in [-0.1, -0.05) is 0 Å². The molecule has 0 spiro atoms. The molecule has 0 unspecified atom stereocenters. The van der Waals surface area contributed by atoms with Gasteiger partial charge in [-0.25, -0.2) is 0 Å². The van der Waals surface area contributed by atoms with Crippen LogP contribution in [-0.4, -0.2) is 18.0 Å². The van der Waals surface area contributed by atoms with Gasteiger partial charge in [0.2, 0.25) is 5.91 Å². The highest BCUT2D eigenvalue weighted by atomic mass is 16.2. The number of primary amides is 1. The third-order valence-corrected chi connectivity index (χ3v) is 0.682. The predicted octanol–water partition coefficient (Wildman–Crippen LogP) is -0.980. The van der Waals surface area contributed by atoms with E-state index in [-0.39, 0.29) is 12.8 Å². The van der Waals surface area contributed by atoms with Crippen molar-refractivity contribution in [2.45, 2.75) is 12.8 Å². The number of aldehydes is 1. The standard InChI is InChI=1S/C5H7NO3/c6-5(9)3-4(8)1-2-7/h2H,1,3H2,(H2,6,9). The molecule has 0 aliphatic carbocycles. The van der Waals surface area contributed by atoms with Gasteiger partial charge in [-0.2, -0.15) is 0 Å². The first-order valence-electron chi connectivity index (χ1n) is 2.40. The van der Waals surface area contributed by atoms with Crippen molar-refractivity contribution in [2.24, 2.45) is 5.73 Å². The summed E-state index contributed by atoms with van der Waals surface area (Å²) in [6.45, 7) is 0. The van der Waals surface area contributed by atoms with Crippen LogP contribution < -0.4 is 5.73 Å². The highest BCUT2D eigenvalue weighted by Gasteiger charge is 2.03. The number of ketones is 1. The molecule has 0 rings (SSSR count). The molecule has 0 bridgehead atoms. The lowest BCUT2D eigenvalue weighted by molar-refractivity contribution is -0.127. The number of Topliss-reactive ketones (excluding diaryl/α,β-unsaturated/α-hetero) is 1. The summed E-state index contributed by atoms with van der Waals surface area (Å²) < 4.78 is 0. The Bertz CT molecular complexity index is 141. The number of carbonyl (C=O) groups excluding carboxylic acids is 3. The maximum Gasteiger partial charge on any atom is 0.224 e. The van der Waals surface area contributed by atoms with Crippen molar-refractivity contribution in [2.75, 3.05) is 0 Å². The Morgan fingerprint density at radius 2 is 2.00 bits per heavy atom. The Labute approximate surface area is 52.0 Å². The van der Waals surface area contributed by atoms with Crippen molar-refractivity contribution in [3.8, 4) is 0 Å². The van der Waals surface area contributed by atoms with E-state index in [1.165, 1.54) is 0 Å². The molecule has 9 heavy (non-hydrogen) atoms. The van der Waals surface area contributed by atoms with Crippen molar-refractivity contribution in [1.29, 1.82) is 0 Å². The minimum absolute atomic E-state index is 0.219. The zero-order valence-electron chi connectivity index (χ0n) is 4.79. The lowest BCUT2D eigenvalue weighted by Gasteiger charge is -1.87. The second-order valence-corrected chi connectivity index (χ2v) is 1.55. The van der Waals surface area contributed by atoms with Crippen LogP contribution in [0.25, 0.3) is 0 Å². The van der Waals surface area contributed by atoms with Crippen LogP contribution >= 0.6 is 0 Å². The number of rotatable bonds is 4. The van der Waals surface area contributed by atoms with Crippen LogP contribution in [0.3, 0.4) is 0 Å². The average molecular weight is 129 g/mol. The molecule has 1 amide bonds. The molecule has 0 fully saturated rings. The van der Waals surface area contributed by atoms with E-state index in [0.717, 1.165) is 0 Å². The van der Waals surface area contributed by atoms with Gasteiger partial charge in [0.25, 0.3) is 0 Å². The van der Waals surface area contributed by atoms with Crippen LogP contribution in [0.15, 0.2) is 0 Å². The molecule has 0 radical (unpaired) electrons. The molecule has 0 saturated carbocycles. The van der Waals surface area contributed by atoms with E-state index in [9.17, 15) is 14.4 Å². The van der Waals surface area contributed by atoms with Gasteiger partial charge >= 0.3 is 0 Å². The number of nitrogens with two attached hydrogens (primary N) is 1. The average Bonchev–Trinajstić information content (AvgIpc) is 1.63. The first kappa shape index (κ1) is 7.81. The van der Waals surface area contributed by atoms with E-state index in [4.69, 9.17) is 0 Å². The molecule has 0 heterocycles. The fourth-order valence-electron chi connectivity index (χ4n) is 0.359. The maximum atomic E-state index is 10.3. The number of hydrogen-bond acceptors (Lipinski definition) is 3. The summed E-state index contributed by atoms with van der Waals surface area (Å²) >= 11 is 0. The lowest BCUT2D eigenvalue weighted by Crippen LogP contribution is -2.16. The Hall–Kier alpha value is -1.19. The minimum Gasteiger partial charge on any atom is -0.369 e. The van der Waals surface area contributed by atoms with Crippen LogP contribution in [0.5, 0.6) is 0 Å². The van der Waals surface area contributed by atoms with E-state index in [0.29, 0.717) is 6.29 Å². The molecule has 0 saturated heterocycles. The summed E-state index contributed by atoms with van der Waals surface area (Å²) in [4.78, 5) is 29.9. The molecule has 0 atom stereocenters. The summed E-state index contributed by atoms with van der Waals surface area (Å²) in [5.41, 5.74) is 4.65.